The van der Waals surface area contributed by atoms with E-state index in [4.69, 9.17) is 0 Å². The van der Waals surface area contributed by atoms with Gasteiger partial charge in [-0.15, -0.1) is 0 Å². The van der Waals surface area contributed by atoms with Crippen molar-refractivity contribution in [3.05, 3.63) is 40.5 Å². The number of hydrogen-bond acceptors (Lipinski definition) is 2. The zero-order chi connectivity index (χ0) is 10.8. The van der Waals surface area contributed by atoms with E-state index in [-0.39, 0.29) is 0 Å². The fraction of sp³-hybridized carbons (Fsp3) is 0.0909. The third kappa shape index (κ3) is 1.72. The van der Waals surface area contributed by atoms with Crippen LogP contribution in [0.2, 0.25) is 0 Å². The van der Waals surface area contributed by atoms with Crippen LogP contribution in [0.3, 0.4) is 0 Å². The van der Waals surface area contributed by atoms with Crippen LogP contribution in [0.25, 0.3) is 11.3 Å². The number of halogens is 1. The molecular weight excluding hydrogens is 256 g/mol. The Morgan fingerprint density at radius 3 is 2.53 bits per heavy atom. The van der Waals surface area contributed by atoms with Gasteiger partial charge in [-0.2, -0.15) is 5.10 Å². The second-order valence-corrected chi connectivity index (χ2v) is 3.95. The fourth-order valence-corrected chi connectivity index (χ4v) is 2.08. The molecule has 0 spiro atoms. The molecule has 0 aliphatic heterocycles. The van der Waals surface area contributed by atoms with Gasteiger partial charge in [-0.3, -0.25) is 9.48 Å². The Bertz CT molecular complexity index is 491. The van der Waals surface area contributed by atoms with Crippen molar-refractivity contribution >= 4 is 22.2 Å². The molecule has 1 aromatic heterocycles. The maximum absolute atomic E-state index is 10.8. The molecule has 76 valence electrons. The first-order valence-electron chi connectivity index (χ1n) is 4.47. The first kappa shape index (κ1) is 10.1. The Morgan fingerprint density at radius 2 is 2.00 bits per heavy atom. The van der Waals surface area contributed by atoms with Gasteiger partial charge in [-0.05, 0) is 15.9 Å². The number of carbonyl (C=O) groups excluding carboxylic acids is 1. The number of benzene rings is 1. The molecule has 0 atom stereocenters. The molecule has 0 bridgehead atoms. The summed E-state index contributed by atoms with van der Waals surface area (Å²) in [6.07, 6.45) is 0.795. The molecule has 1 aromatic carbocycles. The number of rotatable bonds is 2. The van der Waals surface area contributed by atoms with Crippen LogP contribution >= 0.6 is 15.9 Å². The Kier molecular flexibility index (Phi) is 2.68. The molecule has 1 heterocycles. The molecule has 3 nitrogen and oxygen atoms in total. The summed E-state index contributed by atoms with van der Waals surface area (Å²) in [5.74, 6) is 0. The lowest BCUT2D eigenvalue weighted by Crippen LogP contribution is -1.95. The number of aromatic nitrogens is 2. The summed E-state index contributed by atoms with van der Waals surface area (Å²) < 4.78 is 2.31. The van der Waals surface area contributed by atoms with Crippen molar-refractivity contribution < 1.29 is 4.79 Å². The van der Waals surface area contributed by atoms with Crippen LogP contribution in [0, 0.1) is 0 Å². The van der Waals surface area contributed by atoms with Gasteiger partial charge < -0.3 is 0 Å². The summed E-state index contributed by atoms with van der Waals surface area (Å²) in [5, 5.41) is 4.29. The van der Waals surface area contributed by atoms with E-state index in [1.807, 2.05) is 30.3 Å². The second-order valence-electron chi connectivity index (χ2n) is 3.16. The summed E-state index contributed by atoms with van der Waals surface area (Å²) in [5.41, 5.74) is 2.34. The van der Waals surface area contributed by atoms with Gasteiger partial charge in [0.15, 0.2) is 6.29 Å². The summed E-state index contributed by atoms with van der Waals surface area (Å²) in [6.45, 7) is 0. The number of aldehydes is 1. The van der Waals surface area contributed by atoms with Crippen LogP contribution in [0.5, 0.6) is 0 Å². The van der Waals surface area contributed by atoms with Gasteiger partial charge >= 0.3 is 0 Å². The quantitative estimate of drug-likeness (QED) is 0.782. The van der Waals surface area contributed by atoms with E-state index in [0.29, 0.717) is 5.69 Å². The summed E-state index contributed by atoms with van der Waals surface area (Å²) in [7, 11) is 1.75. The monoisotopic (exact) mass is 264 g/mol. The minimum atomic E-state index is 0.550. The van der Waals surface area contributed by atoms with Crippen LogP contribution in [0.15, 0.2) is 34.8 Å². The molecule has 0 saturated heterocycles. The highest BCUT2D eigenvalue weighted by Gasteiger charge is 2.13. The van der Waals surface area contributed by atoms with E-state index in [1.165, 1.54) is 0 Å². The molecule has 0 unspecified atom stereocenters. The number of carbonyl (C=O) groups is 1. The predicted molar refractivity (Wildman–Crippen MR) is 61.7 cm³/mol. The van der Waals surface area contributed by atoms with Crippen LogP contribution in [-0.2, 0) is 7.05 Å². The Morgan fingerprint density at radius 1 is 1.33 bits per heavy atom. The van der Waals surface area contributed by atoms with E-state index in [2.05, 4.69) is 21.0 Å². The van der Waals surface area contributed by atoms with Crippen LogP contribution in [0.4, 0.5) is 0 Å². The fourth-order valence-electron chi connectivity index (χ4n) is 1.42. The summed E-state index contributed by atoms with van der Waals surface area (Å²) in [4.78, 5) is 10.8. The van der Waals surface area contributed by atoms with Gasteiger partial charge in [0.1, 0.15) is 11.4 Å². The van der Waals surface area contributed by atoms with Crippen molar-refractivity contribution in [3.8, 4) is 11.3 Å². The van der Waals surface area contributed by atoms with E-state index in [9.17, 15) is 4.79 Å². The normalized spacial score (nSPS) is 10.3. The van der Waals surface area contributed by atoms with Gasteiger partial charge in [0.25, 0.3) is 0 Å². The Labute approximate surface area is 95.9 Å². The van der Waals surface area contributed by atoms with Crippen molar-refractivity contribution in [1.82, 2.24) is 9.78 Å². The first-order chi connectivity index (χ1) is 7.24. The SMILES string of the molecule is Cn1nc(-c2ccccc2)c(Br)c1C=O. The first-order valence-corrected chi connectivity index (χ1v) is 5.26. The van der Waals surface area contributed by atoms with Gasteiger partial charge in [0, 0.05) is 12.6 Å². The molecule has 0 amide bonds. The highest BCUT2D eigenvalue weighted by Crippen LogP contribution is 2.28. The lowest BCUT2D eigenvalue weighted by molar-refractivity contribution is 0.111. The highest BCUT2D eigenvalue weighted by molar-refractivity contribution is 9.10. The molecule has 4 heteroatoms. The largest absolute Gasteiger partial charge is 0.296 e. The molecule has 0 fully saturated rings. The summed E-state index contributed by atoms with van der Waals surface area (Å²) in [6, 6.07) is 9.75. The van der Waals surface area contributed by atoms with E-state index in [0.717, 1.165) is 22.0 Å². The molecule has 0 radical (unpaired) electrons. The third-order valence-electron chi connectivity index (χ3n) is 2.19. The van der Waals surface area contributed by atoms with Crippen molar-refractivity contribution in [2.45, 2.75) is 0 Å². The minimum absolute atomic E-state index is 0.550. The Hall–Kier alpha value is -1.42. The van der Waals surface area contributed by atoms with Crippen molar-refractivity contribution in [1.29, 1.82) is 0 Å². The van der Waals surface area contributed by atoms with Crippen LogP contribution in [-0.4, -0.2) is 16.1 Å². The maximum atomic E-state index is 10.8. The number of hydrogen-bond donors (Lipinski definition) is 0. The van der Waals surface area contributed by atoms with Crippen molar-refractivity contribution in [2.75, 3.05) is 0 Å². The molecule has 2 rings (SSSR count). The maximum Gasteiger partial charge on any atom is 0.169 e. The molecular formula is C11H9BrN2O. The lowest BCUT2D eigenvalue weighted by atomic mass is 10.1. The van der Waals surface area contributed by atoms with E-state index >= 15 is 0 Å². The zero-order valence-corrected chi connectivity index (χ0v) is 9.73. The molecule has 0 aliphatic carbocycles. The molecule has 2 aromatic rings. The third-order valence-corrected chi connectivity index (χ3v) is 2.97. The lowest BCUT2D eigenvalue weighted by Gasteiger charge is -1.95. The van der Waals surface area contributed by atoms with Crippen molar-refractivity contribution in [3.63, 3.8) is 0 Å². The van der Waals surface area contributed by atoms with Gasteiger partial charge in [0.2, 0.25) is 0 Å². The van der Waals surface area contributed by atoms with E-state index in [1.54, 1.807) is 11.7 Å². The van der Waals surface area contributed by atoms with E-state index < -0.39 is 0 Å². The molecule has 0 N–H and O–H groups in total. The molecule has 0 saturated carbocycles. The van der Waals surface area contributed by atoms with Gasteiger partial charge in [-0.1, -0.05) is 30.3 Å². The minimum Gasteiger partial charge on any atom is -0.296 e. The summed E-state index contributed by atoms with van der Waals surface area (Å²) >= 11 is 3.38. The average molecular weight is 265 g/mol. The Balaban J connectivity index is 2.60. The van der Waals surface area contributed by atoms with Gasteiger partial charge in [-0.25, -0.2) is 0 Å². The molecule has 15 heavy (non-hydrogen) atoms. The smallest absolute Gasteiger partial charge is 0.169 e. The van der Waals surface area contributed by atoms with Crippen LogP contribution < -0.4 is 0 Å². The molecule has 0 aliphatic rings. The average Bonchev–Trinajstić information content (AvgIpc) is 2.55. The topological polar surface area (TPSA) is 34.9 Å². The van der Waals surface area contributed by atoms with Crippen LogP contribution in [0.1, 0.15) is 10.5 Å². The second kappa shape index (κ2) is 3.98. The predicted octanol–water partition coefficient (Wildman–Crippen LogP) is 2.66. The number of aryl methyl sites for hydroxylation is 1. The zero-order valence-electron chi connectivity index (χ0n) is 8.14. The highest BCUT2D eigenvalue weighted by atomic mass is 79.9. The number of nitrogens with zero attached hydrogens (tertiary/aromatic N) is 2. The van der Waals surface area contributed by atoms with Crippen molar-refractivity contribution in [2.24, 2.45) is 7.05 Å². The standard InChI is InChI=1S/C11H9BrN2O/c1-14-9(7-15)10(12)11(13-14)8-5-3-2-4-6-8/h2-7H,1H3. The van der Waals surface area contributed by atoms with Gasteiger partial charge in [0.05, 0.1) is 4.47 Å².